The first-order valence-electron chi connectivity index (χ1n) is 9.44. The van der Waals surface area contributed by atoms with Crippen LogP contribution in [-0.2, 0) is 21.2 Å². The molecule has 1 aromatic rings. The van der Waals surface area contributed by atoms with Crippen LogP contribution in [0.5, 0.6) is 0 Å². The third kappa shape index (κ3) is 3.10. The van der Waals surface area contributed by atoms with Gasteiger partial charge in [-0.15, -0.1) is 0 Å². The fourth-order valence-electron chi connectivity index (χ4n) is 4.29. The number of carbonyl (C=O) groups is 1. The SMILES string of the molecule is C[C@H]1Cc2cc(S(=O)(=O)NC3CCCC3)ccc2N1C(=O)C1CCC1. The molecule has 1 aromatic carbocycles. The van der Waals surface area contributed by atoms with Crippen LogP contribution in [0.1, 0.15) is 57.4 Å². The van der Waals surface area contributed by atoms with Gasteiger partial charge in [-0.25, -0.2) is 13.1 Å². The van der Waals surface area contributed by atoms with Crippen molar-refractivity contribution in [2.24, 2.45) is 5.92 Å². The summed E-state index contributed by atoms with van der Waals surface area (Å²) in [6.07, 6.45) is 7.84. The summed E-state index contributed by atoms with van der Waals surface area (Å²) in [6.45, 7) is 2.04. The number of nitrogens with one attached hydrogen (secondary N) is 1. The van der Waals surface area contributed by atoms with Crippen molar-refractivity contribution < 1.29 is 13.2 Å². The van der Waals surface area contributed by atoms with Gasteiger partial charge < -0.3 is 4.90 Å². The quantitative estimate of drug-likeness (QED) is 0.895. The van der Waals surface area contributed by atoms with Crippen LogP contribution in [0.25, 0.3) is 0 Å². The summed E-state index contributed by atoms with van der Waals surface area (Å²) in [7, 11) is -3.48. The highest BCUT2D eigenvalue weighted by molar-refractivity contribution is 7.89. The fourth-order valence-corrected chi connectivity index (χ4v) is 5.65. The maximum Gasteiger partial charge on any atom is 0.240 e. The van der Waals surface area contributed by atoms with Gasteiger partial charge in [0, 0.05) is 23.7 Å². The maximum absolute atomic E-state index is 12.7. The van der Waals surface area contributed by atoms with E-state index in [1.165, 1.54) is 0 Å². The lowest BCUT2D eigenvalue weighted by Gasteiger charge is -2.32. The Morgan fingerprint density at radius 2 is 1.84 bits per heavy atom. The van der Waals surface area contributed by atoms with Crippen molar-refractivity contribution in [3.8, 4) is 0 Å². The summed E-state index contributed by atoms with van der Waals surface area (Å²) in [5.41, 5.74) is 1.86. The second kappa shape index (κ2) is 6.40. The number of carbonyl (C=O) groups excluding carboxylic acids is 1. The molecule has 0 aromatic heterocycles. The monoisotopic (exact) mass is 362 g/mol. The highest BCUT2D eigenvalue weighted by Gasteiger charge is 2.37. The van der Waals surface area contributed by atoms with Crippen molar-refractivity contribution in [1.29, 1.82) is 0 Å². The molecule has 136 valence electrons. The number of anilines is 1. The summed E-state index contributed by atoms with van der Waals surface area (Å²) in [6, 6.07) is 5.39. The Morgan fingerprint density at radius 3 is 2.48 bits per heavy atom. The van der Waals surface area contributed by atoms with E-state index in [9.17, 15) is 13.2 Å². The molecule has 0 unspecified atom stereocenters. The fraction of sp³-hybridized carbons (Fsp3) is 0.632. The third-order valence-corrected chi connectivity index (χ3v) is 7.46. The summed E-state index contributed by atoms with van der Waals surface area (Å²) >= 11 is 0. The summed E-state index contributed by atoms with van der Waals surface area (Å²) in [5.74, 6) is 0.359. The Hall–Kier alpha value is -1.40. The highest BCUT2D eigenvalue weighted by Crippen LogP contribution is 2.38. The molecule has 0 radical (unpaired) electrons. The molecule has 4 rings (SSSR count). The molecule has 0 saturated heterocycles. The van der Waals surface area contributed by atoms with Gasteiger partial charge in [0.25, 0.3) is 0 Å². The molecule has 1 atom stereocenters. The lowest BCUT2D eigenvalue weighted by Crippen LogP contribution is -2.42. The predicted molar refractivity (Wildman–Crippen MR) is 97.0 cm³/mol. The van der Waals surface area contributed by atoms with Crippen molar-refractivity contribution in [2.75, 3.05) is 4.90 Å². The molecule has 1 N–H and O–H groups in total. The zero-order valence-electron chi connectivity index (χ0n) is 14.7. The smallest absolute Gasteiger partial charge is 0.240 e. The maximum atomic E-state index is 12.7. The number of nitrogens with zero attached hydrogens (tertiary/aromatic N) is 1. The molecule has 2 aliphatic carbocycles. The Labute approximate surface area is 149 Å². The molecule has 3 aliphatic rings. The average molecular weight is 362 g/mol. The van der Waals surface area contributed by atoms with Gasteiger partial charge in [-0.3, -0.25) is 4.79 Å². The Morgan fingerprint density at radius 1 is 1.12 bits per heavy atom. The van der Waals surface area contributed by atoms with E-state index in [-0.39, 0.29) is 23.9 Å². The van der Waals surface area contributed by atoms with Crippen LogP contribution in [0.2, 0.25) is 0 Å². The number of benzene rings is 1. The van der Waals surface area contributed by atoms with Gasteiger partial charge >= 0.3 is 0 Å². The Balaban J connectivity index is 1.58. The standard InChI is InChI=1S/C19H26N2O3S/c1-13-11-15-12-17(25(23,24)20-16-7-2-3-8-16)9-10-18(15)21(13)19(22)14-5-4-6-14/h9-10,12-14,16,20H,2-8,11H2,1H3/t13-/m0/s1. The number of hydrogen-bond acceptors (Lipinski definition) is 3. The lowest BCUT2D eigenvalue weighted by atomic mass is 9.84. The molecular formula is C19H26N2O3S. The van der Waals surface area contributed by atoms with Crippen molar-refractivity contribution in [3.05, 3.63) is 23.8 Å². The molecule has 0 bridgehead atoms. The van der Waals surface area contributed by atoms with Crippen LogP contribution in [0, 0.1) is 5.92 Å². The zero-order chi connectivity index (χ0) is 17.6. The first kappa shape index (κ1) is 17.0. The summed E-state index contributed by atoms with van der Waals surface area (Å²) < 4.78 is 28.1. The molecule has 6 heteroatoms. The topological polar surface area (TPSA) is 66.5 Å². The second-order valence-electron chi connectivity index (χ2n) is 7.78. The molecule has 0 spiro atoms. The van der Waals surface area contributed by atoms with Crippen molar-refractivity contribution in [2.45, 2.75) is 75.3 Å². The van der Waals surface area contributed by atoms with Crippen LogP contribution < -0.4 is 9.62 Å². The van der Waals surface area contributed by atoms with E-state index >= 15 is 0 Å². The predicted octanol–water partition coefficient (Wildman–Crippen LogP) is 2.99. The minimum Gasteiger partial charge on any atom is -0.309 e. The van der Waals surface area contributed by atoms with E-state index in [1.807, 2.05) is 17.9 Å². The van der Waals surface area contributed by atoms with Crippen LogP contribution in [-0.4, -0.2) is 26.4 Å². The summed E-state index contributed by atoms with van der Waals surface area (Å²) in [5, 5.41) is 0. The minimum atomic E-state index is -3.48. The molecule has 1 heterocycles. The van der Waals surface area contributed by atoms with Crippen LogP contribution in [0.4, 0.5) is 5.69 Å². The largest absolute Gasteiger partial charge is 0.309 e. The van der Waals surface area contributed by atoms with Gasteiger partial charge in [0.1, 0.15) is 0 Å². The number of rotatable bonds is 4. The van der Waals surface area contributed by atoms with E-state index < -0.39 is 10.0 Å². The Kier molecular flexibility index (Phi) is 4.36. The van der Waals surface area contributed by atoms with Crippen molar-refractivity contribution in [3.63, 3.8) is 0 Å². The van der Waals surface area contributed by atoms with Gasteiger partial charge in [0.2, 0.25) is 15.9 Å². The molecule has 2 fully saturated rings. The van der Waals surface area contributed by atoms with Gasteiger partial charge in [-0.2, -0.15) is 0 Å². The number of fused-ring (bicyclic) bond motifs is 1. The van der Waals surface area contributed by atoms with E-state index in [1.54, 1.807) is 12.1 Å². The second-order valence-corrected chi connectivity index (χ2v) is 9.50. The Bertz CT molecular complexity index is 780. The highest BCUT2D eigenvalue weighted by atomic mass is 32.2. The zero-order valence-corrected chi connectivity index (χ0v) is 15.5. The number of sulfonamides is 1. The minimum absolute atomic E-state index is 0.0638. The lowest BCUT2D eigenvalue weighted by molar-refractivity contribution is -0.125. The molecular weight excluding hydrogens is 336 g/mol. The third-order valence-electron chi connectivity index (χ3n) is 5.95. The first-order valence-corrected chi connectivity index (χ1v) is 10.9. The van der Waals surface area contributed by atoms with E-state index in [0.717, 1.165) is 62.6 Å². The first-order chi connectivity index (χ1) is 12.0. The molecule has 2 saturated carbocycles. The van der Waals surface area contributed by atoms with Crippen LogP contribution in [0.3, 0.4) is 0 Å². The van der Waals surface area contributed by atoms with Gasteiger partial charge in [0.15, 0.2) is 0 Å². The van der Waals surface area contributed by atoms with E-state index in [2.05, 4.69) is 4.72 Å². The van der Waals surface area contributed by atoms with Crippen LogP contribution >= 0.6 is 0 Å². The van der Waals surface area contributed by atoms with E-state index in [0.29, 0.717) is 4.90 Å². The van der Waals surface area contributed by atoms with Gasteiger partial charge in [-0.1, -0.05) is 19.3 Å². The molecule has 1 aliphatic heterocycles. The van der Waals surface area contributed by atoms with Crippen LogP contribution in [0.15, 0.2) is 23.1 Å². The normalized spacial score (nSPS) is 24.4. The summed E-state index contributed by atoms with van der Waals surface area (Å²) in [4.78, 5) is 14.9. The number of hydrogen-bond donors (Lipinski definition) is 1. The number of amides is 1. The van der Waals surface area contributed by atoms with Gasteiger partial charge in [0.05, 0.1) is 4.90 Å². The van der Waals surface area contributed by atoms with Crippen molar-refractivity contribution in [1.82, 2.24) is 4.72 Å². The van der Waals surface area contributed by atoms with Crippen molar-refractivity contribution >= 4 is 21.6 Å². The molecule has 1 amide bonds. The van der Waals surface area contributed by atoms with Gasteiger partial charge in [-0.05, 0) is 62.8 Å². The molecule has 25 heavy (non-hydrogen) atoms. The molecule has 5 nitrogen and oxygen atoms in total. The average Bonchev–Trinajstić information content (AvgIpc) is 3.10. The van der Waals surface area contributed by atoms with E-state index in [4.69, 9.17) is 0 Å².